The van der Waals surface area contributed by atoms with Gasteiger partial charge in [0.2, 0.25) is 0 Å². The van der Waals surface area contributed by atoms with E-state index in [4.69, 9.17) is 16.3 Å². The predicted molar refractivity (Wildman–Crippen MR) is 62.1 cm³/mol. The Kier molecular flexibility index (Phi) is 3.59. The summed E-state index contributed by atoms with van der Waals surface area (Å²) in [5.41, 5.74) is 0.751. The topological polar surface area (TPSA) is 9.23 Å². The molecule has 2 aromatic carbocycles. The van der Waals surface area contributed by atoms with E-state index in [9.17, 15) is 8.78 Å². The SMILES string of the molecule is Fc1ccc(OCc2ccc(F)c(Cl)c2)cc1. The van der Waals surface area contributed by atoms with Crippen molar-refractivity contribution in [1.82, 2.24) is 0 Å². The summed E-state index contributed by atoms with van der Waals surface area (Å²) < 4.78 is 30.9. The minimum absolute atomic E-state index is 0.0604. The first-order valence-corrected chi connectivity index (χ1v) is 5.35. The second-order valence-corrected chi connectivity index (χ2v) is 3.90. The summed E-state index contributed by atoms with van der Waals surface area (Å²) in [5.74, 6) is -0.230. The second-order valence-electron chi connectivity index (χ2n) is 3.49. The minimum atomic E-state index is -0.461. The lowest BCUT2D eigenvalue weighted by molar-refractivity contribution is 0.305. The molecule has 0 saturated carbocycles. The van der Waals surface area contributed by atoms with Crippen LogP contribution in [-0.4, -0.2) is 0 Å². The molecular formula is C13H9ClF2O. The van der Waals surface area contributed by atoms with Crippen LogP contribution in [0, 0.1) is 11.6 Å². The van der Waals surface area contributed by atoms with Gasteiger partial charge in [0.1, 0.15) is 24.0 Å². The van der Waals surface area contributed by atoms with Crippen molar-refractivity contribution in [2.75, 3.05) is 0 Å². The number of benzene rings is 2. The smallest absolute Gasteiger partial charge is 0.141 e. The number of hydrogen-bond acceptors (Lipinski definition) is 1. The van der Waals surface area contributed by atoms with E-state index >= 15 is 0 Å². The third-order valence-electron chi connectivity index (χ3n) is 2.20. The van der Waals surface area contributed by atoms with Crippen LogP contribution >= 0.6 is 11.6 Å². The normalized spacial score (nSPS) is 10.3. The van der Waals surface area contributed by atoms with Gasteiger partial charge in [0.05, 0.1) is 5.02 Å². The zero-order valence-electron chi connectivity index (χ0n) is 8.79. The highest BCUT2D eigenvalue weighted by molar-refractivity contribution is 6.30. The summed E-state index contributed by atoms with van der Waals surface area (Å²) in [6.45, 7) is 0.256. The largest absolute Gasteiger partial charge is 0.489 e. The molecule has 0 unspecified atom stereocenters. The van der Waals surface area contributed by atoms with E-state index in [1.165, 1.54) is 36.4 Å². The summed E-state index contributed by atoms with van der Waals surface area (Å²) in [4.78, 5) is 0. The number of ether oxygens (including phenoxy) is 1. The average Bonchev–Trinajstić information content (AvgIpc) is 2.33. The maximum absolute atomic E-state index is 12.9. The summed E-state index contributed by atoms with van der Waals surface area (Å²) >= 11 is 5.64. The highest BCUT2D eigenvalue weighted by Gasteiger charge is 2.02. The van der Waals surface area contributed by atoms with Gasteiger partial charge >= 0.3 is 0 Å². The molecule has 0 spiro atoms. The van der Waals surface area contributed by atoms with Gasteiger partial charge in [-0.2, -0.15) is 0 Å². The summed E-state index contributed by atoms with van der Waals surface area (Å²) in [6.07, 6.45) is 0. The van der Waals surface area contributed by atoms with Gasteiger partial charge in [0.15, 0.2) is 0 Å². The molecule has 0 radical (unpaired) electrons. The van der Waals surface area contributed by atoms with Crippen LogP contribution in [0.15, 0.2) is 42.5 Å². The van der Waals surface area contributed by atoms with Gasteiger partial charge in [-0.25, -0.2) is 8.78 Å². The molecule has 0 heterocycles. The van der Waals surface area contributed by atoms with Crippen LogP contribution in [0.25, 0.3) is 0 Å². The van der Waals surface area contributed by atoms with Gasteiger partial charge in [0.25, 0.3) is 0 Å². The van der Waals surface area contributed by atoms with Gasteiger partial charge < -0.3 is 4.74 Å². The molecule has 1 nitrogen and oxygen atoms in total. The molecule has 2 aromatic rings. The molecule has 0 amide bonds. The van der Waals surface area contributed by atoms with E-state index in [0.717, 1.165) is 5.56 Å². The van der Waals surface area contributed by atoms with Crippen LogP contribution in [0.3, 0.4) is 0 Å². The third-order valence-corrected chi connectivity index (χ3v) is 2.49. The highest BCUT2D eigenvalue weighted by Crippen LogP contribution is 2.18. The molecule has 0 aliphatic carbocycles. The molecule has 0 N–H and O–H groups in total. The van der Waals surface area contributed by atoms with Crippen molar-refractivity contribution >= 4 is 11.6 Å². The Labute approximate surface area is 103 Å². The molecule has 0 aliphatic rings. The van der Waals surface area contributed by atoms with E-state index in [1.807, 2.05) is 0 Å². The fourth-order valence-corrected chi connectivity index (χ4v) is 1.53. The molecule has 0 saturated heterocycles. The van der Waals surface area contributed by atoms with E-state index in [-0.39, 0.29) is 17.4 Å². The van der Waals surface area contributed by atoms with E-state index in [2.05, 4.69) is 0 Å². The quantitative estimate of drug-likeness (QED) is 0.798. The molecular weight excluding hydrogens is 246 g/mol. The molecule has 0 atom stereocenters. The zero-order valence-corrected chi connectivity index (χ0v) is 9.55. The Morgan fingerprint density at radius 1 is 1.00 bits per heavy atom. The lowest BCUT2D eigenvalue weighted by Gasteiger charge is -2.06. The van der Waals surface area contributed by atoms with Crippen molar-refractivity contribution in [2.45, 2.75) is 6.61 Å². The number of hydrogen-bond donors (Lipinski definition) is 0. The molecule has 4 heteroatoms. The van der Waals surface area contributed by atoms with Crippen molar-refractivity contribution in [3.63, 3.8) is 0 Å². The summed E-state index contributed by atoms with van der Waals surface area (Å²) in [7, 11) is 0. The summed E-state index contributed by atoms with van der Waals surface area (Å²) in [5, 5.41) is 0.0604. The number of rotatable bonds is 3. The van der Waals surface area contributed by atoms with E-state index in [0.29, 0.717) is 5.75 Å². The van der Waals surface area contributed by atoms with E-state index < -0.39 is 5.82 Å². The summed E-state index contributed by atoms with van der Waals surface area (Å²) in [6, 6.07) is 10.1. The van der Waals surface area contributed by atoms with Crippen molar-refractivity contribution < 1.29 is 13.5 Å². The van der Waals surface area contributed by atoms with Gasteiger partial charge in [-0.15, -0.1) is 0 Å². The van der Waals surface area contributed by atoms with E-state index in [1.54, 1.807) is 6.07 Å². The van der Waals surface area contributed by atoms with Crippen LogP contribution in [-0.2, 0) is 6.61 Å². The van der Waals surface area contributed by atoms with Gasteiger partial charge in [-0.05, 0) is 42.0 Å². The van der Waals surface area contributed by atoms with Crippen molar-refractivity contribution in [2.24, 2.45) is 0 Å². The Bertz CT molecular complexity index is 511. The molecule has 0 fully saturated rings. The minimum Gasteiger partial charge on any atom is -0.489 e. The van der Waals surface area contributed by atoms with Crippen molar-refractivity contribution in [3.8, 4) is 5.75 Å². The van der Waals surface area contributed by atoms with Crippen molar-refractivity contribution in [3.05, 3.63) is 64.7 Å². The molecule has 88 valence electrons. The maximum atomic E-state index is 12.9. The lowest BCUT2D eigenvalue weighted by Crippen LogP contribution is -1.95. The average molecular weight is 255 g/mol. The van der Waals surface area contributed by atoms with Gasteiger partial charge in [0, 0.05) is 0 Å². The van der Waals surface area contributed by atoms with Crippen LogP contribution < -0.4 is 4.74 Å². The maximum Gasteiger partial charge on any atom is 0.141 e. The first-order valence-electron chi connectivity index (χ1n) is 4.97. The molecule has 17 heavy (non-hydrogen) atoms. The molecule has 0 aromatic heterocycles. The molecule has 0 bridgehead atoms. The Morgan fingerprint density at radius 2 is 1.71 bits per heavy atom. The Balaban J connectivity index is 2.02. The fourth-order valence-electron chi connectivity index (χ4n) is 1.33. The Morgan fingerprint density at radius 3 is 2.35 bits per heavy atom. The van der Waals surface area contributed by atoms with Crippen molar-refractivity contribution in [1.29, 1.82) is 0 Å². The monoisotopic (exact) mass is 254 g/mol. The predicted octanol–water partition coefficient (Wildman–Crippen LogP) is 4.20. The van der Waals surface area contributed by atoms with Crippen LogP contribution in [0.1, 0.15) is 5.56 Å². The van der Waals surface area contributed by atoms with Gasteiger partial charge in [-0.1, -0.05) is 17.7 Å². The Hall–Kier alpha value is -1.61. The van der Waals surface area contributed by atoms with Crippen LogP contribution in [0.2, 0.25) is 5.02 Å². The van der Waals surface area contributed by atoms with Crippen LogP contribution in [0.4, 0.5) is 8.78 Å². The van der Waals surface area contributed by atoms with Gasteiger partial charge in [-0.3, -0.25) is 0 Å². The zero-order chi connectivity index (χ0) is 12.3. The first kappa shape index (κ1) is 11.9. The third kappa shape index (κ3) is 3.17. The lowest BCUT2D eigenvalue weighted by atomic mass is 10.2. The second kappa shape index (κ2) is 5.15. The first-order chi connectivity index (χ1) is 8.15. The molecule has 2 rings (SSSR count). The fraction of sp³-hybridized carbons (Fsp3) is 0.0769. The van der Waals surface area contributed by atoms with Crippen LogP contribution in [0.5, 0.6) is 5.75 Å². The number of halogens is 3. The highest BCUT2D eigenvalue weighted by atomic mass is 35.5. The molecule has 0 aliphatic heterocycles. The standard InChI is InChI=1S/C13H9ClF2O/c14-12-7-9(1-6-13(12)16)8-17-11-4-2-10(15)3-5-11/h1-7H,8H2.